The zero-order chi connectivity index (χ0) is 14.4. The van der Waals surface area contributed by atoms with Gasteiger partial charge in [-0.3, -0.25) is 9.59 Å². The molecule has 8 nitrogen and oxygen atoms in total. The molecule has 0 spiro atoms. The Morgan fingerprint density at radius 1 is 1.26 bits per heavy atom. The van der Waals surface area contributed by atoms with Crippen molar-refractivity contribution in [3.05, 3.63) is 34.4 Å². The third-order valence-corrected chi connectivity index (χ3v) is 2.21. The molecule has 102 valence electrons. The van der Waals surface area contributed by atoms with Crippen molar-refractivity contribution in [3.63, 3.8) is 0 Å². The van der Waals surface area contributed by atoms with Gasteiger partial charge in [-0.1, -0.05) is 0 Å². The molecule has 1 rings (SSSR count). The number of carbonyl (C=O) groups excluding carboxylic acids is 1. The van der Waals surface area contributed by atoms with Crippen LogP contribution in [0.15, 0.2) is 27.6 Å². The van der Waals surface area contributed by atoms with E-state index in [1.54, 1.807) is 0 Å². The highest BCUT2D eigenvalue weighted by Gasteiger charge is 2.21. The summed E-state index contributed by atoms with van der Waals surface area (Å²) in [6, 6.07) is 0.870. The van der Waals surface area contributed by atoms with Crippen LogP contribution in [0.2, 0.25) is 0 Å². The Kier molecular flexibility index (Phi) is 4.81. The van der Waals surface area contributed by atoms with Gasteiger partial charge in [-0.2, -0.15) is 0 Å². The number of carbonyl (C=O) groups is 3. The van der Waals surface area contributed by atoms with E-state index in [0.29, 0.717) is 0 Å². The molecule has 0 aromatic carbocycles. The average Bonchev–Trinajstić information content (AvgIpc) is 2.34. The minimum atomic E-state index is -1.34. The van der Waals surface area contributed by atoms with Gasteiger partial charge < -0.3 is 19.9 Å². The quantitative estimate of drug-likeness (QED) is 0.644. The summed E-state index contributed by atoms with van der Waals surface area (Å²) in [5.74, 6) is -3.26. The van der Waals surface area contributed by atoms with E-state index in [-0.39, 0.29) is 18.4 Å². The number of hydrogen-bond acceptors (Lipinski definition) is 5. The maximum absolute atomic E-state index is 11.6. The van der Waals surface area contributed by atoms with Crippen LogP contribution in [-0.2, 0) is 9.59 Å². The molecule has 0 aliphatic rings. The standard InChI is InChI=1S/C11H11NO7/c13-8(14)3-2-7(11(17)18)12-10(16)6-1-4-9(15)19-5-6/h1,4-5,7H,2-3H2,(H,12,16)(H,13,14)(H,17,18). The highest BCUT2D eigenvalue weighted by molar-refractivity contribution is 5.96. The number of rotatable bonds is 6. The van der Waals surface area contributed by atoms with Crippen LogP contribution in [0.4, 0.5) is 0 Å². The molecule has 0 aliphatic carbocycles. The van der Waals surface area contributed by atoms with Crippen molar-refractivity contribution in [1.82, 2.24) is 5.32 Å². The fourth-order valence-corrected chi connectivity index (χ4v) is 1.25. The van der Waals surface area contributed by atoms with E-state index >= 15 is 0 Å². The van der Waals surface area contributed by atoms with Crippen molar-refractivity contribution in [1.29, 1.82) is 0 Å². The topological polar surface area (TPSA) is 134 Å². The summed E-state index contributed by atoms with van der Waals surface area (Å²) in [7, 11) is 0. The van der Waals surface area contributed by atoms with Gasteiger partial charge in [0.15, 0.2) is 0 Å². The minimum Gasteiger partial charge on any atom is -0.481 e. The Hall–Kier alpha value is -2.64. The molecule has 1 aromatic rings. The molecule has 0 radical (unpaired) electrons. The van der Waals surface area contributed by atoms with Crippen molar-refractivity contribution in [2.24, 2.45) is 0 Å². The van der Waals surface area contributed by atoms with E-state index in [0.717, 1.165) is 12.3 Å². The molecule has 0 fully saturated rings. The molecule has 1 amide bonds. The van der Waals surface area contributed by atoms with E-state index < -0.39 is 29.5 Å². The van der Waals surface area contributed by atoms with E-state index in [9.17, 15) is 19.2 Å². The molecule has 0 saturated heterocycles. The first-order valence-electron chi connectivity index (χ1n) is 5.24. The number of amides is 1. The third-order valence-electron chi connectivity index (χ3n) is 2.21. The second-order valence-corrected chi connectivity index (χ2v) is 3.64. The van der Waals surface area contributed by atoms with Crippen molar-refractivity contribution in [2.75, 3.05) is 0 Å². The first-order chi connectivity index (χ1) is 8.90. The van der Waals surface area contributed by atoms with Gasteiger partial charge in [0.1, 0.15) is 12.3 Å². The highest BCUT2D eigenvalue weighted by atomic mass is 16.4. The summed E-state index contributed by atoms with van der Waals surface area (Å²) in [6.45, 7) is 0. The normalized spacial score (nSPS) is 11.6. The van der Waals surface area contributed by atoms with Crippen LogP contribution in [0.5, 0.6) is 0 Å². The summed E-state index contributed by atoms with van der Waals surface area (Å²) in [5.41, 5.74) is -0.668. The monoisotopic (exact) mass is 269 g/mol. The van der Waals surface area contributed by atoms with Gasteiger partial charge in [-0.15, -0.1) is 0 Å². The first kappa shape index (κ1) is 14.4. The van der Waals surface area contributed by atoms with Gasteiger partial charge in [-0.05, 0) is 12.5 Å². The van der Waals surface area contributed by atoms with Gasteiger partial charge in [0.25, 0.3) is 5.91 Å². The maximum Gasteiger partial charge on any atom is 0.335 e. The molecule has 0 aliphatic heterocycles. The van der Waals surface area contributed by atoms with Crippen LogP contribution in [0.25, 0.3) is 0 Å². The molecule has 8 heteroatoms. The van der Waals surface area contributed by atoms with E-state index in [1.165, 1.54) is 6.07 Å². The van der Waals surface area contributed by atoms with Gasteiger partial charge >= 0.3 is 17.6 Å². The summed E-state index contributed by atoms with van der Waals surface area (Å²) in [4.78, 5) is 43.5. The first-order valence-corrected chi connectivity index (χ1v) is 5.24. The van der Waals surface area contributed by atoms with Gasteiger partial charge in [0.2, 0.25) is 0 Å². The summed E-state index contributed by atoms with van der Waals surface area (Å²) < 4.78 is 4.46. The molecule has 1 atom stereocenters. The van der Waals surface area contributed by atoms with Crippen LogP contribution in [0.1, 0.15) is 23.2 Å². The lowest BCUT2D eigenvalue weighted by Crippen LogP contribution is -2.41. The van der Waals surface area contributed by atoms with E-state index in [2.05, 4.69) is 9.73 Å². The van der Waals surface area contributed by atoms with Gasteiger partial charge in [0.05, 0.1) is 5.56 Å². The predicted octanol–water partition coefficient (Wildman–Crippen LogP) is -0.312. The molecule has 1 aromatic heterocycles. The maximum atomic E-state index is 11.6. The van der Waals surface area contributed by atoms with Crippen LogP contribution in [-0.4, -0.2) is 34.1 Å². The summed E-state index contributed by atoms with van der Waals surface area (Å²) >= 11 is 0. The number of nitrogens with one attached hydrogen (secondary N) is 1. The fourth-order valence-electron chi connectivity index (χ4n) is 1.25. The molecule has 3 N–H and O–H groups in total. The largest absolute Gasteiger partial charge is 0.481 e. The van der Waals surface area contributed by atoms with Gasteiger partial charge in [-0.25, -0.2) is 9.59 Å². The molecule has 1 unspecified atom stereocenters. The zero-order valence-corrected chi connectivity index (χ0v) is 9.66. The Labute approximate surface area is 106 Å². The summed E-state index contributed by atoms with van der Waals surface area (Å²) in [5, 5.41) is 19.5. The summed E-state index contributed by atoms with van der Waals surface area (Å²) in [6.07, 6.45) is 0.266. The second kappa shape index (κ2) is 6.34. The van der Waals surface area contributed by atoms with Crippen molar-refractivity contribution in [2.45, 2.75) is 18.9 Å². The fraction of sp³-hybridized carbons (Fsp3) is 0.273. The minimum absolute atomic E-state index is 0.0267. The highest BCUT2D eigenvalue weighted by Crippen LogP contribution is 2.01. The molecule has 0 saturated carbocycles. The number of carboxylic acids is 2. The van der Waals surface area contributed by atoms with Crippen LogP contribution >= 0.6 is 0 Å². The molecule has 1 heterocycles. The number of carboxylic acid groups (broad SMARTS) is 2. The smallest absolute Gasteiger partial charge is 0.335 e. The lowest BCUT2D eigenvalue weighted by Gasteiger charge is -2.12. The van der Waals surface area contributed by atoms with Crippen molar-refractivity contribution >= 4 is 17.8 Å². The van der Waals surface area contributed by atoms with E-state index in [1.807, 2.05) is 0 Å². The van der Waals surface area contributed by atoms with Crippen molar-refractivity contribution < 1.29 is 29.0 Å². The Morgan fingerprint density at radius 2 is 1.95 bits per heavy atom. The Balaban J connectivity index is 2.70. The van der Waals surface area contributed by atoms with Crippen LogP contribution in [0, 0.1) is 0 Å². The number of hydrogen-bond donors (Lipinski definition) is 3. The SMILES string of the molecule is O=C(O)CCC(NC(=O)c1ccc(=O)oc1)C(=O)O. The lowest BCUT2D eigenvalue weighted by molar-refractivity contribution is -0.140. The molecule has 0 bridgehead atoms. The molecule has 19 heavy (non-hydrogen) atoms. The molecular weight excluding hydrogens is 258 g/mol. The number of aliphatic carboxylic acids is 2. The van der Waals surface area contributed by atoms with Gasteiger partial charge in [0, 0.05) is 12.5 Å². The van der Waals surface area contributed by atoms with E-state index in [4.69, 9.17) is 10.2 Å². The predicted molar refractivity (Wildman–Crippen MR) is 60.7 cm³/mol. The second-order valence-electron chi connectivity index (χ2n) is 3.64. The van der Waals surface area contributed by atoms with Crippen molar-refractivity contribution in [3.8, 4) is 0 Å². The Bertz CT molecular complexity index is 528. The zero-order valence-electron chi connectivity index (χ0n) is 9.66. The third kappa shape index (κ3) is 4.62. The van der Waals surface area contributed by atoms with Crippen LogP contribution < -0.4 is 10.9 Å². The molecular formula is C11H11NO7. The Morgan fingerprint density at radius 3 is 2.42 bits per heavy atom. The lowest BCUT2D eigenvalue weighted by atomic mass is 10.1. The average molecular weight is 269 g/mol. The van der Waals surface area contributed by atoms with Crippen LogP contribution in [0.3, 0.4) is 0 Å².